The molecule has 27 heavy (non-hydrogen) atoms. The Morgan fingerprint density at radius 3 is 2.67 bits per heavy atom. The van der Waals surface area contributed by atoms with Gasteiger partial charge in [-0.2, -0.15) is 9.78 Å². The van der Waals surface area contributed by atoms with Crippen LogP contribution in [0.3, 0.4) is 0 Å². The third-order valence-corrected chi connectivity index (χ3v) is 5.21. The van der Waals surface area contributed by atoms with Crippen LogP contribution in [0.4, 0.5) is 0 Å². The van der Waals surface area contributed by atoms with Gasteiger partial charge in [0.15, 0.2) is 5.82 Å². The number of hydrogen-bond acceptors (Lipinski definition) is 6. The number of hydrogen-bond donors (Lipinski definition) is 0. The van der Waals surface area contributed by atoms with Gasteiger partial charge in [-0.05, 0) is 61.9 Å². The van der Waals surface area contributed by atoms with E-state index in [1.807, 2.05) is 45.0 Å². The van der Waals surface area contributed by atoms with E-state index in [9.17, 15) is 0 Å². The molecule has 0 spiro atoms. The fourth-order valence-corrected chi connectivity index (χ4v) is 3.26. The molecule has 0 unspecified atom stereocenters. The number of furan rings is 1. The van der Waals surface area contributed by atoms with Gasteiger partial charge in [0.25, 0.3) is 0 Å². The summed E-state index contributed by atoms with van der Waals surface area (Å²) in [6.07, 6.45) is 1.65. The van der Waals surface area contributed by atoms with Gasteiger partial charge in [-0.3, -0.25) is 0 Å². The summed E-state index contributed by atoms with van der Waals surface area (Å²) >= 11 is 7.78. The highest BCUT2D eigenvalue weighted by atomic mass is 35.5. The molecule has 0 N–H and O–H groups in total. The van der Waals surface area contributed by atoms with E-state index < -0.39 is 0 Å². The van der Waals surface area contributed by atoms with Crippen molar-refractivity contribution in [1.82, 2.24) is 14.9 Å². The molecule has 3 aromatic rings. The lowest BCUT2D eigenvalue weighted by Gasteiger charge is -2.08. The van der Waals surface area contributed by atoms with E-state index in [0.29, 0.717) is 18.1 Å². The second-order valence-electron chi connectivity index (χ2n) is 5.98. The fourth-order valence-electron chi connectivity index (χ4n) is 2.49. The normalized spacial score (nSPS) is 11.4. The number of ether oxygens (including phenoxy) is 1. The topological polar surface area (TPSA) is 65.4 Å². The minimum atomic E-state index is 0.330. The molecule has 0 aliphatic carbocycles. The third kappa shape index (κ3) is 4.73. The lowest BCUT2D eigenvalue weighted by Crippen LogP contribution is -1.96. The summed E-state index contributed by atoms with van der Waals surface area (Å²) in [6, 6.07) is 7.56. The monoisotopic (exact) mass is 404 g/mol. The van der Waals surface area contributed by atoms with E-state index in [1.54, 1.807) is 22.7 Å². The van der Waals surface area contributed by atoms with Crippen molar-refractivity contribution in [2.24, 2.45) is 5.10 Å². The second-order valence-corrected chi connectivity index (χ2v) is 7.59. The number of aryl methyl sites for hydroxylation is 3. The predicted molar refractivity (Wildman–Crippen MR) is 108 cm³/mol. The SMILES string of the molecule is CCSc1nnc(C)n1/N=C\c1ccc(COc2cc(C)c(Cl)c(C)c2)o1. The quantitative estimate of drug-likeness (QED) is 0.408. The van der Waals surface area contributed by atoms with Crippen LogP contribution in [-0.4, -0.2) is 26.8 Å². The van der Waals surface area contributed by atoms with E-state index in [2.05, 4.69) is 22.2 Å². The molecule has 6 nitrogen and oxygen atoms in total. The Morgan fingerprint density at radius 1 is 1.22 bits per heavy atom. The van der Waals surface area contributed by atoms with E-state index >= 15 is 0 Å². The van der Waals surface area contributed by atoms with Gasteiger partial charge < -0.3 is 9.15 Å². The van der Waals surface area contributed by atoms with E-state index in [4.69, 9.17) is 20.8 Å². The van der Waals surface area contributed by atoms with Crippen molar-refractivity contribution in [3.8, 4) is 5.75 Å². The lowest BCUT2D eigenvalue weighted by atomic mass is 10.1. The van der Waals surface area contributed by atoms with Crippen LogP contribution < -0.4 is 4.74 Å². The maximum absolute atomic E-state index is 6.19. The highest BCUT2D eigenvalue weighted by Crippen LogP contribution is 2.26. The Kier molecular flexibility index (Phi) is 6.23. The molecule has 0 aliphatic heterocycles. The number of halogens is 1. The van der Waals surface area contributed by atoms with Gasteiger partial charge in [-0.15, -0.1) is 10.2 Å². The molecule has 1 aromatic carbocycles. The fraction of sp³-hybridized carbons (Fsp3) is 0.316. The van der Waals surface area contributed by atoms with Crippen molar-refractivity contribution in [2.75, 3.05) is 5.75 Å². The number of thioether (sulfide) groups is 1. The Bertz CT molecular complexity index is 942. The summed E-state index contributed by atoms with van der Waals surface area (Å²) in [7, 11) is 0. The highest BCUT2D eigenvalue weighted by molar-refractivity contribution is 7.99. The molecule has 0 saturated heterocycles. The molecule has 0 fully saturated rings. The van der Waals surface area contributed by atoms with Crippen LogP contribution in [0.15, 0.2) is 38.9 Å². The Balaban J connectivity index is 1.66. The summed E-state index contributed by atoms with van der Waals surface area (Å²) in [5, 5.41) is 14.1. The maximum atomic E-state index is 6.19. The molecule has 0 bridgehead atoms. The summed E-state index contributed by atoms with van der Waals surface area (Å²) in [5.74, 6) is 3.75. The van der Waals surface area contributed by atoms with Crippen LogP contribution in [0, 0.1) is 20.8 Å². The molecule has 0 radical (unpaired) electrons. The van der Waals surface area contributed by atoms with Crippen molar-refractivity contribution < 1.29 is 9.15 Å². The molecule has 2 aromatic heterocycles. The molecule has 2 heterocycles. The summed E-state index contributed by atoms with van der Waals surface area (Å²) in [6.45, 7) is 8.17. The standard InChI is InChI=1S/C19H21ClN4O2S/c1-5-27-19-23-22-14(4)24(19)21-10-15-6-7-16(26-15)11-25-17-8-12(2)18(20)13(3)9-17/h6-10H,5,11H2,1-4H3/b21-10-. The number of aromatic nitrogens is 3. The molecular formula is C19H21ClN4O2S. The zero-order valence-electron chi connectivity index (χ0n) is 15.7. The van der Waals surface area contributed by atoms with Gasteiger partial charge in [0.1, 0.15) is 23.9 Å². The van der Waals surface area contributed by atoms with Crippen LogP contribution >= 0.6 is 23.4 Å². The van der Waals surface area contributed by atoms with Crippen molar-refractivity contribution in [3.63, 3.8) is 0 Å². The van der Waals surface area contributed by atoms with Crippen LogP contribution in [0.5, 0.6) is 5.75 Å². The van der Waals surface area contributed by atoms with Gasteiger partial charge in [-0.25, -0.2) is 0 Å². The first-order valence-electron chi connectivity index (χ1n) is 8.55. The number of rotatable bonds is 7. The first-order valence-corrected chi connectivity index (χ1v) is 9.91. The minimum Gasteiger partial charge on any atom is -0.486 e. The average Bonchev–Trinajstić information content (AvgIpc) is 3.23. The van der Waals surface area contributed by atoms with E-state index in [1.165, 1.54) is 0 Å². The number of benzene rings is 1. The van der Waals surface area contributed by atoms with Gasteiger partial charge in [0.2, 0.25) is 5.16 Å². The Morgan fingerprint density at radius 2 is 1.96 bits per heavy atom. The smallest absolute Gasteiger partial charge is 0.212 e. The first-order chi connectivity index (χ1) is 13.0. The molecule has 0 amide bonds. The van der Waals surface area contributed by atoms with Gasteiger partial charge in [0, 0.05) is 5.02 Å². The molecular weight excluding hydrogens is 384 g/mol. The van der Waals surface area contributed by atoms with Gasteiger partial charge >= 0.3 is 0 Å². The molecule has 142 valence electrons. The van der Waals surface area contributed by atoms with E-state index in [-0.39, 0.29) is 0 Å². The third-order valence-electron chi connectivity index (χ3n) is 3.82. The Hall–Kier alpha value is -2.25. The summed E-state index contributed by atoms with van der Waals surface area (Å²) in [4.78, 5) is 0. The maximum Gasteiger partial charge on any atom is 0.212 e. The molecule has 3 rings (SSSR count). The second kappa shape index (κ2) is 8.63. The molecule has 0 atom stereocenters. The zero-order valence-corrected chi connectivity index (χ0v) is 17.3. The number of nitrogens with zero attached hydrogens (tertiary/aromatic N) is 4. The first kappa shape index (κ1) is 19.5. The average molecular weight is 405 g/mol. The van der Waals surface area contributed by atoms with Crippen LogP contribution in [0.25, 0.3) is 0 Å². The molecule has 8 heteroatoms. The Labute approximate surface area is 167 Å². The minimum absolute atomic E-state index is 0.330. The molecule has 0 aliphatic rings. The van der Waals surface area contributed by atoms with Crippen LogP contribution in [0.2, 0.25) is 5.02 Å². The van der Waals surface area contributed by atoms with Gasteiger partial charge in [0.05, 0.1) is 6.21 Å². The zero-order chi connectivity index (χ0) is 19.4. The summed E-state index contributed by atoms with van der Waals surface area (Å²) < 4.78 is 13.3. The largest absolute Gasteiger partial charge is 0.486 e. The van der Waals surface area contributed by atoms with Crippen LogP contribution in [-0.2, 0) is 6.61 Å². The molecule has 0 saturated carbocycles. The van der Waals surface area contributed by atoms with Crippen molar-refractivity contribution in [3.05, 3.63) is 57.8 Å². The van der Waals surface area contributed by atoms with Crippen molar-refractivity contribution >= 4 is 29.6 Å². The lowest BCUT2D eigenvalue weighted by molar-refractivity contribution is 0.269. The predicted octanol–water partition coefficient (Wildman–Crippen LogP) is 5.02. The van der Waals surface area contributed by atoms with Gasteiger partial charge in [-0.1, -0.05) is 30.3 Å². The summed E-state index contributed by atoms with van der Waals surface area (Å²) in [5.41, 5.74) is 1.98. The van der Waals surface area contributed by atoms with Crippen LogP contribution in [0.1, 0.15) is 35.4 Å². The highest BCUT2D eigenvalue weighted by Gasteiger charge is 2.08. The van der Waals surface area contributed by atoms with E-state index in [0.717, 1.165) is 38.6 Å². The van der Waals surface area contributed by atoms with Crippen molar-refractivity contribution in [1.29, 1.82) is 0 Å². The van der Waals surface area contributed by atoms with Crippen molar-refractivity contribution in [2.45, 2.75) is 39.5 Å².